The summed E-state index contributed by atoms with van der Waals surface area (Å²) < 4.78 is 29.3. The molecule has 0 spiro atoms. The van der Waals surface area contributed by atoms with Gasteiger partial charge in [0, 0.05) is 36.5 Å². The zero-order valence-electron chi connectivity index (χ0n) is 12.9. The Labute approximate surface area is 133 Å². The van der Waals surface area contributed by atoms with Crippen LogP contribution in [0.5, 0.6) is 5.75 Å². The molecule has 1 aromatic heterocycles. The van der Waals surface area contributed by atoms with Crippen molar-refractivity contribution < 1.29 is 23.7 Å². The van der Waals surface area contributed by atoms with E-state index in [0.29, 0.717) is 30.4 Å². The lowest BCUT2D eigenvalue weighted by Gasteiger charge is -2.25. The lowest BCUT2D eigenvalue weighted by atomic mass is 10.1. The number of hydrogen-bond acceptors (Lipinski definition) is 5. The smallest absolute Gasteiger partial charge is 0.387 e. The standard InChI is InChI=1S/C16H20F2N2O3/c1-11-9-15(20(6-8-22)5-2-7-21)13-10-12(23-16(17)18)3-4-14(13)19-11/h3-4,9-10,16,21-22H,2,5-8H2,1H3. The van der Waals surface area contributed by atoms with Crippen molar-refractivity contribution in [1.29, 1.82) is 0 Å². The highest BCUT2D eigenvalue weighted by Crippen LogP contribution is 2.30. The Morgan fingerprint density at radius 2 is 1.96 bits per heavy atom. The highest BCUT2D eigenvalue weighted by Gasteiger charge is 2.13. The normalized spacial score (nSPS) is 11.2. The maximum Gasteiger partial charge on any atom is 0.387 e. The summed E-state index contributed by atoms with van der Waals surface area (Å²) in [6.45, 7) is -0.160. The van der Waals surface area contributed by atoms with Gasteiger partial charge in [0.15, 0.2) is 0 Å². The number of aromatic nitrogens is 1. The Hall–Kier alpha value is -1.99. The SMILES string of the molecule is Cc1cc(N(CCO)CCCO)c2cc(OC(F)F)ccc2n1. The van der Waals surface area contributed by atoms with Crippen molar-refractivity contribution in [2.45, 2.75) is 20.0 Å². The van der Waals surface area contributed by atoms with Gasteiger partial charge in [0.05, 0.1) is 12.1 Å². The van der Waals surface area contributed by atoms with Crippen LogP contribution in [0.2, 0.25) is 0 Å². The van der Waals surface area contributed by atoms with E-state index in [1.54, 1.807) is 6.07 Å². The van der Waals surface area contributed by atoms with E-state index in [2.05, 4.69) is 9.72 Å². The number of benzene rings is 1. The van der Waals surface area contributed by atoms with Gasteiger partial charge in [-0.15, -0.1) is 0 Å². The van der Waals surface area contributed by atoms with Crippen molar-refractivity contribution in [3.8, 4) is 5.75 Å². The predicted molar refractivity (Wildman–Crippen MR) is 84.1 cm³/mol. The average Bonchev–Trinajstić information content (AvgIpc) is 2.50. The molecule has 0 fully saturated rings. The fraction of sp³-hybridized carbons (Fsp3) is 0.438. The van der Waals surface area contributed by atoms with Gasteiger partial charge in [-0.2, -0.15) is 8.78 Å². The number of ether oxygens (including phenoxy) is 1. The van der Waals surface area contributed by atoms with E-state index in [1.807, 2.05) is 17.9 Å². The molecule has 0 radical (unpaired) electrons. The molecule has 0 aliphatic rings. The molecule has 0 aliphatic carbocycles. The third-order valence-corrected chi connectivity index (χ3v) is 3.41. The molecule has 0 saturated carbocycles. The first-order valence-corrected chi connectivity index (χ1v) is 7.38. The van der Waals surface area contributed by atoms with E-state index < -0.39 is 6.61 Å². The van der Waals surface area contributed by atoms with Gasteiger partial charge >= 0.3 is 6.61 Å². The summed E-state index contributed by atoms with van der Waals surface area (Å²) in [7, 11) is 0. The molecular formula is C16H20F2N2O3. The van der Waals surface area contributed by atoms with Crippen molar-refractivity contribution in [2.75, 3.05) is 31.2 Å². The molecule has 1 heterocycles. The number of hydrogen-bond donors (Lipinski definition) is 2. The highest BCUT2D eigenvalue weighted by molar-refractivity contribution is 5.93. The van der Waals surface area contributed by atoms with Crippen LogP contribution in [0.4, 0.5) is 14.5 Å². The van der Waals surface area contributed by atoms with E-state index in [-0.39, 0.29) is 19.0 Å². The Bertz CT molecular complexity index is 653. The van der Waals surface area contributed by atoms with Gasteiger partial charge in [-0.1, -0.05) is 0 Å². The number of alkyl halides is 2. The van der Waals surface area contributed by atoms with Crippen LogP contribution in [0, 0.1) is 6.92 Å². The maximum atomic E-state index is 12.4. The van der Waals surface area contributed by atoms with Gasteiger partial charge in [-0.3, -0.25) is 4.98 Å². The second kappa shape index (κ2) is 8.03. The Morgan fingerprint density at radius 3 is 2.61 bits per heavy atom. The van der Waals surface area contributed by atoms with Crippen LogP contribution in [-0.4, -0.2) is 48.1 Å². The minimum absolute atomic E-state index is 0.0314. The van der Waals surface area contributed by atoms with Gasteiger partial charge in [-0.25, -0.2) is 0 Å². The number of aliphatic hydroxyl groups is 2. The quantitative estimate of drug-likeness (QED) is 0.779. The molecule has 2 rings (SSSR count). The van der Waals surface area contributed by atoms with Crippen LogP contribution in [0.15, 0.2) is 24.3 Å². The number of nitrogens with zero attached hydrogens (tertiary/aromatic N) is 2. The van der Waals surface area contributed by atoms with E-state index in [0.717, 1.165) is 11.4 Å². The number of fused-ring (bicyclic) bond motifs is 1. The Balaban J connectivity index is 2.49. The molecule has 0 bridgehead atoms. The molecule has 0 amide bonds. The van der Waals surface area contributed by atoms with Crippen LogP contribution in [-0.2, 0) is 0 Å². The molecule has 5 nitrogen and oxygen atoms in total. The molecular weight excluding hydrogens is 306 g/mol. The van der Waals surface area contributed by atoms with Crippen molar-refractivity contribution in [2.24, 2.45) is 0 Å². The summed E-state index contributed by atoms with van der Waals surface area (Å²) in [5, 5.41) is 19.0. The number of pyridine rings is 1. The third kappa shape index (κ3) is 4.49. The molecule has 0 aliphatic heterocycles. The third-order valence-electron chi connectivity index (χ3n) is 3.41. The number of aryl methyl sites for hydroxylation is 1. The predicted octanol–water partition coefficient (Wildman–Crippen LogP) is 2.33. The molecule has 1 aromatic carbocycles. The van der Waals surface area contributed by atoms with Crippen LogP contribution in [0.3, 0.4) is 0 Å². The van der Waals surface area contributed by atoms with Crippen molar-refractivity contribution in [1.82, 2.24) is 4.98 Å². The van der Waals surface area contributed by atoms with Crippen LogP contribution >= 0.6 is 0 Å². The highest BCUT2D eigenvalue weighted by atomic mass is 19.3. The molecule has 0 unspecified atom stereocenters. The van der Waals surface area contributed by atoms with Crippen molar-refractivity contribution in [3.63, 3.8) is 0 Å². The number of halogens is 2. The van der Waals surface area contributed by atoms with Crippen molar-refractivity contribution in [3.05, 3.63) is 30.0 Å². The number of rotatable bonds is 8. The molecule has 23 heavy (non-hydrogen) atoms. The van der Waals surface area contributed by atoms with E-state index in [1.165, 1.54) is 12.1 Å². The summed E-state index contributed by atoms with van der Waals surface area (Å²) in [6.07, 6.45) is 0.538. The fourth-order valence-corrected chi connectivity index (χ4v) is 2.49. The van der Waals surface area contributed by atoms with Gasteiger partial charge in [0.25, 0.3) is 0 Å². The molecule has 2 aromatic rings. The second-order valence-electron chi connectivity index (χ2n) is 5.13. The van der Waals surface area contributed by atoms with Crippen LogP contribution in [0.1, 0.15) is 12.1 Å². The summed E-state index contributed by atoms with van der Waals surface area (Å²) in [6, 6.07) is 6.44. The number of anilines is 1. The zero-order valence-corrected chi connectivity index (χ0v) is 12.9. The van der Waals surface area contributed by atoms with Gasteiger partial charge in [-0.05, 0) is 37.6 Å². The summed E-state index contributed by atoms with van der Waals surface area (Å²) >= 11 is 0. The molecule has 0 atom stereocenters. The summed E-state index contributed by atoms with van der Waals surface area (Å²) in [4.78, 5) is 6.30. The topological polar surface area (TPSA) is 65.8 Å². The fourth-order valence-electron chi connectivity index (χ4n) is 2.49. The molecule has 2 N–H and O–H groups in total. The van der Waals surface area contributed by atoms with Crippen LogP contribution in [0.25, 0.3) is 10.9 Å². The van der Waals surface area contributed by atoms with Crippen molar-refractivity contribution >= 4 is 16.6 Å². The molecule has 0 saturated heterocycles. The Kier molecular flexibility index (Phi) is 6.06. The van der Waals surface area contributed by atoms with Gasteiger partial charge in [0.2, 0.25) is 0 Å². The Morgan fingerprint density at radius 1 is 1.17 bits per heavy atom. The molecule has 126 valence electrons. The van der Waals surface area contributed by atoms with E-state index >= 15 is 0 Å². The summed E-state index contributed by atoms with van der Waals surface area (Å²) in [5.74, 6) is 0.0607. The van der Waals surface area contributed by atoms with Gasteiger partial charge in [0.1, 0.15) is 5.75 Å². The first-order chi connectivity index (χ1) is 11.0. The van der Waals surface area contributed by atoms with E-state index in [9.17, 15) is 13.9 Å². The minimum Gasteiger partial charge on any atom is -0.435 e. The summed E-state index contributed by atoms with van der Waals surface area (Å²) in [5.41, 5.74) is 2.21. The first-order valence-electron chi connectivity index (χ1n) is 7.38. The lowest BCUT2D eigenvalue weighted by Crippen LogP contribution is -2.28. The lowest BCUT2D eigenvalue weighted by molar-refractivity contribution is -0.0497. The van der Waals surface area contributed by atoms with E-state index in [4.69, 9.17) is 5.11 Å². The molecule has 7 heteroatoms. The maximum absolute atomic E-state index is 12.4. The minimum atomic E-state index is -2.89. The van der Waals surface area contributed by atoms with Gasteiger partial charge < -0.3 is 19.8 Å². The monoisotopic (exact) mass is 326 g/mol. The zero-order chi connectivity index (χ0) is 16.8. The average molecular weight is 326 g/mol. The second-order valence-corrected chi connectivity index (χ2v) is 5.13. The first kappa shape index (κ1) is 17.4. The number of aliphatic hydroxyl groups excluding tert-OH is 2. The van der Waals surface area contributed by atoms with Crippen LogP contribution < -0.4 is 9.64 Å². The largest absolute Gasteiger partial charge is 0.435 e.